The largest absolute Gasteiger partial charge is 0.493 e. The van der Waals surface area contributed by atoms with Gasteiger partial charge in [-0.3, -0.25) is 0 Å². The molecule has 2 aliphatic heterocycles. The second-order valence-corrected chi connectivity index (χ2v) is 10.1. The summed E-state index contributed by atoms with van der Waals surface area (Å²) in [4.78, 5) is 10.5. The van der Waals surface area contributed by atoms with Crippen molar-refractivity contribution in [3.8, 4) is 17.0 Å². The summed E-state index contributed by atoms with van der Waals surface area (Å²) >= 11 is 0. The topological polar surface area (TPSA) is 119 Å². The number of aromatic nitrogens is 2. The van der Waals surface area contributed by atoms with Gasteiger partial charge in [-0.25, -0.2) is 23.5 Å². The number of halogens is 2. The van der Waals surface area contributed by atoms with E-state index < -0.39 is 22.0 Å². The van der Waals surface area contributed by atoms with Gasteiger partial charge in [0.1, 0.15) is 11.4 Å². The number of ether oxygens (including phenoxy) is 1. The van der Waals surface area contributed by atoms with E-state index in [4.69, 9.17) is 9.88 Å². The van der Waals surface area contributed by atoms with Crippen molar-refractivity contribution in [2.24, 2.45) is 5.14 Å². The Balaban J connectivity index is 1.57. The number of nitrogens with zero attached hydrogens (tertiary/aromatic N) is 3. The normalized spacial score (nSPS) is 26.2. The van der Waals surface area contributed by atoms with Crippen LogP contribution in [0.5, 0.6) is 5.75 Å². The molecule has 1 aliphatic carbocycles. The Kier molecular flexibility index (Phi) is 4.51. The summed E-state index contributed by atoms with van der Waals surface area (Å²) in [7, 11) is -3.66. The van der Waals surface area contributed by atoms with Crippen molar-refractivity contribution in [1.29, 1.82) is 0 Å². The zero-order chi connectivity index (χ0) is 22.1. The van der Waals surface area contributed by atoms with Crippen LogP contribution in [0.2, 0.25) is 0 Å². The van der Waals surface area contributed by atoms with E-state index in [0.717, 1.165) is 0 Å². The first-order valence-electron chi connectivity index (χ1n) is 10.0. The highest BCUT2D eigenvalue weighted by Crippen LogP contribution is 2.46. The first-order chi connectivity index (χ1) is 14.5. The van der Waals surface area contributed by atoms with E-state index in [9.17, 15) is 22.3 Å². The lowest BCUT2D eigenvalue weighted by Crippen LogP contribution is -2.59. The summed E-state index contributed by atoms with van der Waals surface area (Å²) in [5, 5.41) is 15.0. The summed E-state index contributed by atoms with van der Waals surface area (Å²) in [6.45, 7) is 2.26. The third-order valence-corrected chi connectivity index (χ3v) is 7.19. The molecule has 3 N–H and O–H groups in total. The number of aliphatic hydroxyl groups excluding tert-OH is 1. The Morgan fingerprint density at radius 1 is 1.35 bits per heavy atom. The van der Waals surface area contributed by atoms with Crippen LogP contribution in [-0.2, 0) is 22.4 Å². The van der Waals surface area contributed by atoms with Crippen LogP contribution in [0, 0.1) is 0 Å². The second kappa shape index (κ2) is 6.81. The van der Waals surface area contributed by atoms with Crippen molar-refractivity contribution in [2.45, 2.75) is 43.8 Å². The number of nitrogens with two attached hydrogens (primary N) is 1. The average Bonchev–Trinajstić information content (AvgIpc) is 3.24. The molecule has 3 atom stereocenters. The predicted molar refractivity (Wildman–Crippen MR) is 109 cm³/mol. The highest BCUT2D eigenvalue weighted by Gasteiger charge is 2.45. The molecule has 1 aromatic carbocycles. The van der Waals surface area contributed by atoms with Crippen molar-refractivity contribution in [3.05, 3.63) is 35.0 Å². The molecule has 0 unspecified atom stereocenters. The number of β-amino-alcohol motifs (C(OH)–C–C–N with tert-alkyl or cyclic N) is 1. The molecular weight excluding hydrogens is 430 g/mol. The summed E-state index contributed by atoms with van der Waals surface area (Å²) in [6, 6.07) is 4.92. The van der Waals surface area contributed by atoms with Gasteiger partial charge in [-0.2, -0.15) is 8.78 Å². The van der Waals surface area contributed by atoms with Gasteiger partial charge in [-0.05, 0) is 19.4 Å². The molecule has 0 saturated carbocycles. The second-order valence-electron chi connectivity index (χ2n) is 8.45. The zero-order valence-corrected chi connectivity index (χ0v) is 17.6. The SMILES string of the molecule is C[C@H]1[C@H](O)CN1c1nc(-c2ccc3c(c2)OC[C@@H]3CS(N)(=O)=O)c2c(n1)C(F)(F)CC2. The monoisotopic (exact) mass is 452 g/mol. The molecule has 1 fully saturated rings. The van der Waals surface area contributed by atoms with Gasteiger partial charge in [0.25, 0.3) is 5.92 Å². The Morgan fingerprint density at radius 2 is 2.13 bits per heavy atom. The minimum Gasteiger partial charge on any atom is -0.493 e. The lowest BCUT2D eigenvalue weighted by Gasteiger charge is -2.43. The number of benzene rings is 1. The Labute approximate surface area is 178 Å². The number of hydrogen-bond donors (Lipinski definition) is 2. The van der Waals surface area contributed by atoms with Crippen LogP contribution in [0.4, 0.5) is 14.7 Å². The third kappa shape index (κ3) is 3.44. The number of aliphatic hydroxyl groups is 1. The maximum atomic E-state index is 14.5. The quantitative estimate of drug-likeness (QED) is 0.722. The minimum absolute atomic E-state index is 0.155. The molecule has 0 spiro atoms. The molecule has 31 heavy (non-hydrogen) atoms. The van der Waals surface area contributed by atoms with Crippen LogP contribution in [0.15, 0.2) is 18.2 Å². The standard InChI is InChI=1S/C20H22F2N4O4S/c1-10-15(27)7-26(10)19-24-17(14-4-5-20(21,22)18(14)25-19)11-2-3-13-12(9-31(23,28)29)8-30-16(13)6-11/h2-3,6,10,12,15,27H,4-5,7-9H2,1H3,(H2,23,28,29)/t10-,12+,15+/m0/s1. The average molecular weight is 452 g/mol. The van der Waals surface area contributed by atoms with Crippen molar-refractivity contribution < 1.29 is 27.0 Å². The Hall–Kier alpha value is -2.37. The molecule has 2 aromatic rings. The van der Waals surface area contributed by atoms with E-state index in [1.165, 1.54) is 0 Å². The molecule has 0 bridgehead atoms. The predicted octanol–water partition coefficient (Wildman–Crippen LogP) is 1.52. The fourth-order valence-corrected chi connectivity index (χ4v) is 5.31. The summed E-state index contributed by atoms with van der Waals surface area (Å²) in [5.41, 5.74) is 1.86. The van der Waals surface area contributed by atoms with E-state index in [2.05, 4.69) is 9.97 Å². The first kappa shape index (κ1) is 20.5. The van der Waals surface area contributed by atoms with E-state index >= 15 is 0 Å². The number of anilines is 1. The molecule has 166 valence electrons. The van der Waals surface area contributed by atoms with Crippen LogP contribution in [0.1, 0.15) is 36.1 Å². The van der Waals surface area contributed by atoms with E-state index in [-0.39, 0.29) is 55.3 Å². The number of rotatable bonds is 4. The molecule has 0 radical (unpaired) electrons. The molecular formula is C20H22F2N4O4S. The van der Waals surface area contributed by atoms with E-state index in [0.29, 0.717) is 28.1 Å². The van der Waals surface area contributed by atoms with Gasteiger partial charge in [0.05, 0.1) is 30.2 Å². The van der Waals surface area contributed by atoms with Gasteiger partial charge in [0, 0.05) is 35.6 Å². The van der Waals surface area contributed by atoms with Crippen molar-refractivity contribution in [1.82, 2.24) is 9.97 Å². The Bertz CT molecular complexity index is 1170. The van der Waals surface area contributed by atoms with E-state index in [1.807, 2.05) is 0 Å². The summed E-state index contributed by atoms with van der Waals surface area (Å²) < 4.78 is 57.7. The molecule has 1 saturated heterocycles. The van der Waals surface area contributed by atoms with Gasteiger partial charge in [-0.15, -0.1) is 0 Å². The lowest BCUT2D eigenvalue weighted by molar-refractivity contribution is -0.00603. The van der Waals surface area contributed by atoms with Crippen LogP contribution in [0.3, 0.4) is 0 Å². The molecule has 3 heterocycles. The van der Waals surface area contributed by atoms with Crippen molar-refractivity contribution in [3.63, 3.8) is 0 Å². The van der Waals surface area contributed by atoms with Crippen LogP contribution >= 0.6 is 0 Å². The lowest BCUT2D eigenvalue weighted by atomic mass is 9.98. The fraction of sp³-hybridized carbons (Fsp3) is 0.500. The number of sulfonamides is 1. The van der Waals surface area contributed by atoms with Crippen molar-refractivity contribution in [2.75, 3.05) is 23.8 Å². The van der Waals surface area contributed by atoms with Crippen molar-refractivity contribution >= 4 is 16.0 Å². The fourth-order valence-electron chi connectivity index (χ4n) is 4.48. The first-order valence-corrected chi connectivity index (χ1v) is 11.8. The molecule has 8 nitrogen and oxygen atoms in total. The maximum Gasteiger partial charge on any atom is 0.290 e. The number of primary sulfonamides is 1. The molecule has 0 amide bonds. The minimum atomic E-state index is -3.66. The maximum absolute atomic E-state index is 14.5. The van der Waals surface area contributed by atoms with Gasteiger partial charge >= 0.3 is 0 Å². The summed E-state index contributed by atoms with van der Waals surface area (Å²) in [5.74, 6) is -2.98. The van der Waals surface area contributed by atoms with Crippen LogP contribution in [0.25, 0.3) is 11.3 Å². The molecule has 11 heteroatoms. The smallest absolute Gasteiger partial charge is 0.290 e. The van der Waals surface area contributed by atoms with Gasteiger partial charge < -0.3 is 14.7 Å². The van der Waals surface area contributed by atoms with E-state index in [1.54, 1.807) is 30.0 Å². The van der Waals surface area contributed by atoms with Gasteiger partial charge in [-0.1, -0.05) is 12.1 Å². The number of fused-ring (bicyclic) bond motifs is 2. The molecule has 3 aliphatic rings. The summed E-state index contributed by atoms with van der Waals surface area (Å²) in [6.07, 6.45) is -0.726. The highest BCUT2D eigenvalue weighted by molar-refractivity contribution is 7.89. The number of alkyl halides is 2. The van der Waals surface area contributed by atoms with Crippen LogP contribution < -0.4 is 14.8 Å². The molecule has 5 rings (SSSR count). The highest BCUT2D eigenvalue weighted by atomic mass is 32.2. The Morgan fingerprint density at radius 3 is 2.81 bits per heavy atom. The number of hydrogen-bond acceptors (Lipinski definition) is 7. The van der Waals surface area contributed by atoms with Gasteiger partial charge in [0.15, 0.2) is 0 Å². The van der Waals surface area contributed by atoms with Gasteiger partial charge in [0.2, 0.25) is 16.0 Å². The van der Waals surface area contributed by atoms with Crippen LogP contribution in [-0.4, -0.2) is 54.5 Å². The molecule has 1 aromatic heterocycles. The third-order valence-electron chi connectivity index (χ3n) is 6.32. The zero-order valence-electron chi connectivity index (χ0n) is 16.8.